The first-order valence-electron chi connectivity index (χ1n) is 13.3. The zero-order valence-corrected chi connectivity index (χ0v) is 21.6. The van der Waals surface area contributed by atoms with Crippen LogP contribution in [0.2, 0.25) is 0 Å². The van der Waals surface area contributed by atoms with E-state index in [1.165, 1.54) is 37.1 Å². The molecule has 2 saturated heterocycles. The third-order valence-electron chi connectivity index (χ3n) is 8.06. The van der Waals surface area contributed by atoms with Crippen LogP contribution in [0.5, 0.6) is 0 Å². The summed E-state index contributed by atoms with van der Waals surface area (Å²) in [7, 11) is 0. The highest BCUT2D eigenvalue weighted by Crippen LogP contribution is 2.27. The molecular weight excluding hydrogens is 434 g/mol. The van der Waals surface area contributed by atoms with Gasteiger partial charge >= 0.3 is 0 Å². The standard InChI is InChI=1S/C30H39N3O2/c1-30(2,3)26-12-10-22(11-13-26)28(34)32-18-14-23-19-24(8-9-25(23)20-32)29(35)33-17-6-7-27(33)21-31-15-4-5-16-31/h8-13,19,27H,4-7,14-18,20-21H2,1-3H3/t27-/m0/s1. The van der Waals surface area contributed by atoms with Crippen molar-refractivity contribution >= 4 is 11.8 Å². The second kappa shape index (κ2) is 9.77. The number of carbonyl (C=O) groups excluding carboxylic acids is 2. The van der Waals surface area contributed by atoms with Gasteiger partial charge in [0.1, 0.15) is 0 Å². The molecule has 2 amide bonds. The SMILES string of the molecule is CC(C)(C)c1ccc(C(=O)N2CCc3cc(C(=O)N4CCC[C@H]4CN4CCCC4)ccc3C2)cc1. The van der Waals surface area contributed by atoms with Crippen molar-refractivity contribution < 1.29 is 9.59 Å². The number of hydrogen-bond donors (Lipinski definition) is 0. The zero-order chi connectivity index (χ0) is 24.6. The molecule has 0 N–H and O–H groups in total. The molecule has 1 atom stereocenters. The van der Waals surface area contributed by atoms with Gasteiger partial charge in [0, 0.05) is 43.3 Å². The van der Waals surface area contributed by atoms with Crippen molar-refractivity contribution in [2.75, 3.05) is 32.7 Å². The summed E-state index contributed by atoms with van der Waals surface area (Å²) < 4.78 is 0. The van der Waals surface area contributed by atoms with Gasteiger partial charge in [-0.2, -0.15) is 0 Å². The van der Waals surface area contributed by atoms with Crippen LogP contribution in [0.4, 0.5) is 0 Å². The van der Waals surface area contributed by atoms with Gasteiger partial charge in [0.15, 0.2) is 0 Å². The topological polar surface area (TPSA) is 43.9 Å². The predicted octanol–water partition coefficient (Wildman–Crippen LogP) is 4.88. The molecule has 2 fully saturated rings. The maximum absolute atomic E-state index is 13.4. The Bertz CT molecular complexity index is 1080. The van der Waals surface area contributed by atoms with E-state index in [1.54, 1.807) is 0 Å². The minimum absolute atomic E-state index is 0.0735. The number of nitrogens with zero attached hydrogens (tertiary/aromatic N) is 3. The van der Waals surface area contributed by atoms with Gasteiger partial charge in [0.2, 0.25) is 0 Å². The summed E-state index contributed by atoms with van der Waals surface area (Å²) in [5.41, 5.74) is 5.21. The van der Waals surface area contributed by atoms with Crippen LogP contribution in [0, 0.1) is 0 Å². The Morgan fingerprint density at radius 2 is 1.54 bits per heavy atom. The highest BCUT2D eigenvalue weighted by Gasteiger charge is 2.32. The quantitative estimate of drug-likeness (QED) is 0.636. The Morgan fingerprint density at radius 3 is 2.26 bits per heavy atom. The number of likely N-dealkylation sites (tertiary alicyclic amines) is 2. The number of hydrogen-bond acceptors (Lipinski definition) is 3. The van der Waals surface area contributed by atoms with E-state index in [2.05, 4.69) is 54.8 Å². The molecule has 2 aromatic rings. The van der Waals surface area contributed by atoms with E-state index in [0.29, 0.717) is 19.1 Å². The number of rotatable bonds is 4. The molecule has 0 aromatic heterocycles. The van der Waals surface area contributed by atoms with Gasteiger partial charge < -0.3 is 14.7 Å². The molecule has 0 radical (unpaired) electrons. The van der Waals surface area contributed by atoms with Crippen molar-refractivity contribution in [2.45, 2.75) is 70.9 Å². The van der Waals surface area contributed by atoms with Gasteiger partial charge in [-0.05, 0) is 91.6 Å². The molecule has 3 aliphatic heterocycles. The average molecular weight is 474 g/mol. The molecule has 3 heterocycles. The normalized spacial score (nSPS) is 20.8. The van der Waals surface area contributed by atoms with Crippen LogP contribution in [0.3, 0.4) is 0 Å². The lowest BCUT2D eigenvalue weighted by Crippen LogP contribution is -2.42. The van der Waals surface area contributed by atoms with Gasteiger partial charge in [-0.25, -0.2) is 0 Å². The summed E-state index contributed by atoms with van der Waals surface area (Å²) in [6, 6.07) is 14.5. The predicted molar refractivity (Wildman–Crippen MR) is 140 cm³/mol. The Balaban J connectivity index is 1.25. The second-order valence-corrected chi connectivity index (χ2v) is 11.6. The molecule has 186 valence electrons. The van der Waals surface area contributed by atoms with Crippen LogP contribution in [-0.4, -0.2) is 65.3 Å². The highest BCUT2D eigenvalue weighted by molar-refractivity contribution is 5.96. The first-order valence-corrected chi connectivity index (χ1v) is 13.3. The summed E-state index contributed by atoms with van der Waals surface area (Å²) in [4.78, 5) is 33.1. The minimum Gasteiger partial charge on any atom is -0.334 e. The molecule has 0 bridgehead atoms. The molecule has 0 saturated carbocycles. The molecule has 0 unspecified atom stereocenters. The molecule has 0 spiro atoms. The van der Waals surface area contributed by atoms with E-state index in [4.69, 9.17) is 0 Å². The molecule has 2 aromatic carbocycles. The van der Waals surface area contributed by atoms with Crippen LogP contribution < -0.4 is 0 Å². The fourth-order valence-corrected chi connectivity index (χ4v) is 5.88. The lowest BCUT2D eigenvalue weighted by molar-refractivity contribution is 0.0703. The number of carbonyl (C=O) groups is 2. The summed E-state index contributed by atoms with van der Waals surface area (Å²) in [6.45, 7) is 12.1. The number of amides is 2. The minimum atomic E-state index is 0.0735. The van der Waals surface area contributed by atoms with Gasteiger partial charge in [0.25, 0.3) is 11.8 Å². The zero-order valence-electron chi connectivity index (χ0n) is 21.6. The van der Waals surface area contributed by atoms with E-state index in [0.717, 1.165) is 49.0 Å². The van der Waals surface area contributed by atoms with Gasteiger partial charge in [0.05, 0.1) is 0 Å². The van der Waals surface area contributed by atoms with Gasteiger partial charge in [-0.3, -0.25) is 9.59 Å². The Labute approximate surface area is 210 Å². The summed E-state index contributed by atoms with van der Waals surface area (Å²) in [5, 5.41) is 0. The van der Waals surface area contributed by atoms with Crippen molar-refractivity contribution in [1.29, 1.82) is 0 Å². The lowest BCUT2D eigenvalue weighted by atomic mass is 9.86. The second-order valence-electron chi connectivity index (χ2n) is 11.6. The maximum atomic E-state index is 13.4. The van der Waals surface area contributed by atoms with Crippen LogP contribution >= 0.6 is 0 Å². The lowest BCUT2D eigenvalue weighted by Gasteiger charge is -2.31. The molecule has 35 heavy (non-hydrogen) atoms. The summed E-state index contributed by atoms with van der Waals surface area (Å²) >= 11 is 0. The Morgan fingerprint density at radius 1 is 0.829 bits per heavy atom. The van der Waals surface area contributed by atoms with Crippen LogP contribution in [0.1, 0.15) is 83.9 Å². The molecule has 5 heteroatoms. The third-order valence-corrected chi connectivity index (χ3v) is 8.06. The fraction of sp³-hybridized carbons (Fsp3) is 0.533. The van der Waals surface area contributed by atoms with E-state index >= 15 is 0 Å². The fourth-order valence-electron chi connectivity index (χ4n) is 5.88. The summed E-state index contributed by atoms with van der Waals surface area (Å²) in [5.74, 6) is 0.255. The molecule has 5 rings (SSSR count). The first-order chi connectivity index (χ1) is 16.8. The van der Waals surface area contributed by atoms with E-state index in [-0.39, 0.29) is 17.2 Å². The largest absolute Gasteiger partial charge is 0.334 e. The molecule has 3 aliphatic rings. The maximum Gasteiger partial charge on any atom is 0.254 e. The molecule has 0 aliphatic carbocycles. The average Bonchev–Trinajstić information content (AvgIpc) is 3.54. The third kappa shape index (κ3) is 5.16. The molecular formula is C30H39N3O2. The van der Waals surface area contributed by atoms with Crippen LogP contribution in [0.15, 0.2) is 42.5 Å². The smallest absolute Gasteiger partial charge is 0.254 e. The van der Waals surface area contributed by atoms with Crippen molar-refractivity contribution in [3.05, 3.63) is 70.3 Å². The highest BCUT2D eigenvalue weighted by atomic mass is 16.2. The van der Waals surface area contributed by atoms with Crippen molar-refractivity contribution in [3.63, 3.8) is 0 Å². The number of benzene rings is 2. The van der Waals surface area contributed by atoms with Gasteiger partial charge in [-0.15, -0.1) is 0 Å². The Hall–Kier alpha value is -2.66. The van der Waals surface area contributed by atoms with Crippen LogP contribution in [-0.2, 0) is 18.4 Å². The number of fused-ring (bicyclic) bond motifs is 1. The monoisotopic (exact) mass is 473 g/mol. The van der Waals surface area contributed by atoms with Gasteiger partial charge in [-0.1, -0.05) is 39.0 Å². The van der Waals surface area contributed by atoms with Crippen LogP contribution in [0.25, 0.3) is 0 Å². The van der Waals surface area contributed by atoms with Crippen molar-refractivity contribution in [1.82, 2.24) is 14.7 Å². The van der Waals surface area contributed by atoms with E-state index in [9.17, 15) is 9.59 Å². The van der Waals surface area contributed by atoms with Crippen molar-refractivity contribution in [2.24, 2.45) is 0 Å². The molecule has 5 nitrogen and oxygen atoms in total. The van der Waals surface area contributed by atoms with Crippen molar-refractivity contribution in [3.8, 4) is 0 Å². The summed E-state index contributed by atoms with van der Waals surface area (Å²) in [6.07, 6.45) is 5.57. The first kappa shape index (κ1) is 24.1. The van der Waals surface area contributed by atoms with E-state index in [1.807, 2.05) is 23.1 Å². The van der Waals surface area contributed by atoms with E-state index < -0.39 is 0 Å². The Kier molecular flexibility index (Phi) is 6.71.